The third kappa shape index (κ3) is 4.76. The minimum atomic E-state index is 0.226. The highest BCUT2D eigenvalue weighted by molar-refractivity contribution is 5.78. The number of ether oxygens (including phenoxy) is 1. The van der Waals surface area contributed by atoms with E-state index >= 15 is 0 Å². The van der Waals surface area contributed by atoms with Crippen molar-refractivity contribution in [2.24, 2.45) is 0 Å². The molecule has 8 nitrogen and oxygen atoms in total. The number of nitrogens with zero attached hydrogens (tertiary/aromatic N) is 6. The molecule has 0 N–H and O–H groups in total. The molecule has 0 saturated carbocycles. The number of methoxy groups -OCH3 is 1. The van der Waals surface area contributed by atoms with Crippen LogP contribution in [0.1, 0.15) is 0 Å². The first-order chi connectivity index (χ1) is 14.2. The minimum Gasteiger partial charge on any atom is -0.481 e. The molecule has 1 aromatic carbocycles. The van der Waals surface area contributed by atoms with Crippen molar-refractivity contribution in [2.75, 3.05) is 75.8 Å². The summed E-state index contributed by atoms with van der Waals surface area (Å²) >= 11 is 0. The topological polar surface area (TPSA) is 65.0 Å². The van der Waals surface area contributed by atoms with Crippen LogP contribution in [-0.4, -0.2) is 91.7 Å². The normalized spacial score (nSPS) is 18.0. The van der Waals surface area contributed by atoms with Gasteiger partial charge in [-0.1, -0.05) is 18.2 Å². The Balaban J connectivity index is 1.23. The van der Waals surface area contributed by atoms with Crippen molar-refractivity contribution in [2.45, 2.75) is 0 Å². The molecule has 154 valence electrons. The average Bonchev–Trinajstić information content (AvgIpc) is 2.80. The number of carbonyl (C=O) groups is 1. The molecule has 2 aromatic rings. The number of carbonyl (C=O) groups excluding carboxylic acids is 1. The van der Waals surface area contributed by atoms with Gasteiger partial charge >= 0.3 is 0 Å². The average molecular weight is 396 g/mol. The molecular weight excluding hydrogens is 368 g/mol. The minimum absolute atomic E-state index is 0.226. The third-order valence-electron chi connectivity index (χ3n) is 5.59. The van der Waals surface area contributed by atoms with Gasteiger partial charge in [0.2, 0.25) is 17.7 Å². The monoisotopic (exact) mass is 396 g/mol. The molecule has 3 heterocycles. The lowest BCUT2D eigenvalue weighted by Gasteiger charge is -2.38. The van der Waals surface area contributed by atoms with Gasteiger partial charge in [-0.05, 0) is 12.1 Å². The standard InChI is InChI=1S/C21H28N6O2/c1-29-19-7-8-22-21(23-19)27-11-9-24(10-12-27)17-20(28)26-15-13-25(14-16-26)18-5-3-2-4-6-18/h2-8H,9-17H2,1H3. The SMILES string of the molecule is COc1ccnc(N2CCN(CC(=O)N3CCN(c4ccccc4)CC3)CC2)n1. The number of hydrogen-bond acceptors (Lipinski definition) is 7. The number of para-hydroxylation sites is 1. The molecule has 29 heavy (non-hydrogen) atoms. The van der Waals surface area contributed by atoms with Crippen molar-refractivity contribution in [3.63, 3.8) is 0 Å². The Morgan fingerprint density at radius 3 is 2.31 bits per heavy atom. The van der Waals surface area contributed by atoms with E-state index in [-0.39, 0.29) is 5.91 Å². The number of piperazine rings is 2. The Kier molecular flexibility index (Phi) is 6.09. The molecule has 0 radical (unpaired) electrons. The van der Waals surface area contributed by atoms with E-state index in [9.17, 15) is 4.79 Å². The summed E-state index contributed by atoms with van der Waals surface area (Å²) < 4.78 is 5.18. The first-order valence-corrected chi connectivity index (χ1v) is 10.1. The van der Waals surface area contributed by atoms with Crippen LogP contribution >= 0.6 is 0 Å². The molecule has 2 aliphatic heterocycles. The molecule has 4 rings (SSSR count). The van der Waals surface area contributed by atoms with Crippen molar-refractivity contribution < 1.29 is 9.53 Å². The molecule has 0 bridgehead atoms. The molecule has 2 aliphatic rings. The van der Waals surface area contributed by atoms with Gasteiger partial charge in [-0.15, -0.1) is 0 Å². The Labute approximate surface area is 171 Å². The lowest BCUT2D eigenvalue weighted by atomic mass is 10.2. The first-order valence-electron chi connectivity index (χ1n) is 10.1. The number of benzene rings is 1. The van der Waals surface area contributed by atoms with Gasteiger partial charge in [0.15, 0.2) is 0 Å². The molecule has 2 fully saturated rings. The van der Waals surface area contributed by atoms with Crippen LogP contribution in [0, 0.1) is 0 Å². The molecule has 2 saturated heterocycles. The van der Waals surface area contributed by atoms with Crippen LogP contribution in [0.3, 0.4) is 0 Å². The third-order valence-corrected chi connectivity index (χ3v) is 5.59. The van der Waals surface area contributed by atoms with Crippen molar-refractivity contribution in [3.05, 3.63) is 42.6 Å². The zero-order chi connectivity index (χ0) is 20.1. The maximum atomic E-state index is 12.8. The summed E-state index contributed by atoms with van der Waals surface area (Å²) in [6.07, 6.45) is 1.71. The molecule has 0 unspecified atom stereocenters. The van der Waals surface area contributed by atoms with Crippen molar-refractivity contribution in [3.8, 4) is 5.88 Å². The van der Waals surface area contributed by atoms with Gasteiger partial charge in [-0.3, -0.25) is 9.69 Å². The van der Waals surface area contributed by atoms with Gasteiger partial charge in [0, 0.05) is 70.3 Å². The fourth-order valence-corrected chi connectivity index (χ4v) is 3.85. The summed E-state index contributed by atoms with van der Waals surface area (Å²) in [6.45, 7) is 7.10. The second kappa shape index (κ2) is 9.09. The predicted octanol–water partition coefficient (Wildman–Crippen LogP) is 0.956. The number of amides is 1. The summed E-state index contributed by atoms with van der Waals surface area (Å²) in [7, 11) is 1.61. The Morgan fingerprint density at radius 2 is 1.62 bits per heavy atom. The van der Waals surface area contributed by atoms with E-state index in [1.54, 1.807) is 19.4 Å². The molecule has 8 heteroatoms. The van der Waals surface area contributed by atoms with Crippen LogP contribution in [0.5, 0.6) is 5.88 Å². The van der Waals surface area contributed by atoms with E-state index in [1.807, 2.05) is 11.0 Å². The number of aromatic nitrogens is 2. The summed E-state index contributed by atoms with van der Waals surface area (Å²) in [4.78, 5) is 30.2. The van der Waals surface area contributed by atoms with Crippen LogP contribution in [0.25, 0.3) is 0 Å². The molecule has 0 atom stereocenters. The van der Waals surface area contributed by atoms with Crippen LogP contribution in [0.15, 0.2) is 42.6 Å². The Bertz CT molecular complexity index is 802. The second-order valence-electron chi connectivity index (χ2n) is 7.37. The van der Waals surface area contributed by atoms with Gasteiger partial charge in [-0.2, -0.15) is 4.98 Å². The second-order valence-corrected chi connectivity index (χ2v) is 7.37. The van der Waals surface area contributed by atoms with Crippen LogP contribution in [-0.2, 0) is 4.79 Å². The van der Waals surface area contributed by atoms with E-state index in [0.717, 1.165) is 52.4 Å². The summed E-state index contributed by atoms with van der Waals surface area (Å²) in [5.74, 6) is 1.48. The molecule has 0 spiro atoms. The van der Waals surface area contributed by atoms with E-state index in [1.165, 1.54) is 5.69 Å². The largest absolute Gasteiger partial charge is 0.481 e. The number of rotatable bonds is 5. The summed E-state index contributed by atoms with van der Waals surface area (Å²) in [5, 5.41) is 0. The fraction of sp³-hybridized carbons (Fsp3) is 0.476. The first kappa shape index (κ1) is 19.4. The maximum Gasteiger partial charge on any atom is 0.236 e. The van der Waals surface area contributed by atoms with Gasteiger partial charge in [-0.25, -0.2) is 4.98 Å². The Hall–Kier alpha value is -2.87. The lowest BCUT2D eigenvalue weighted by molar-refractivity contribution is -0.132. The highest BCUT2D eigenvalue weighted by Gasteiger charge is 2.25. The van der Waals surface area contributed by atoms with Gasteiger partial charge in [0.05, 0.1) is 13.7 Å². The highest BCUT2D eigenvalue weighted by Crippen LogP contribution is 2.17. The van der Waals surface area contributed by atoms with E-state index in [4.69, 9.17) is 4.74 Å². The zero-order valence-electron chi connectivity index (χ0n) is 16.9. The fourth-order valence-electron chi connectivity index (χ4n) is 3.85. The summed E-state index contributed by atoms with van der Waals surface area (Å²) in [5.41, 5.74) is 1.23. The molecule has 1 amide bonds. The molecular formula is C21H28N6O2. The summed E-state index contributed by atoms with van der Waals surface area (Å²) in [6, 6.07) is 12.2. The highest BCUT2D eigenvalue weighted by atomic mass is 16.5. The number of hydrogen-bond donors (Lipinski definition) is 0. The molecule has 1 aromatic heterocycles. The molecule has 0 aliphatic carbocycles. The van der Waals surface area contributed by atoms with Crippen LogP contribution < -0.4 is 14.5 Å². The Morgan fingerprint density at radius 1 is 0.931 bits per heavy atom. The van der Waals surface area contributed by atoms with E-state index in [0.29, 0.717) is 18.4 Å². The van der Waals surface area contributed by atoms with Crippen LogP contribution in [0.4, 0.5) is 11.6 Å². The van der Waals surface area contributed by atoms with Gasteiger partial charge < -0.3 is 19.4 Å². The quantitative estimate of drug-likeness (QED) is 0.746. The van der Waals surface area contributed by atoms with E-state index < -0.39 is 0 Å². The van der Waals surface area contributed by atoms with Gasteiger partial charge in [0.1, 0.15) is 0 Å². The predicted molar refractivity (Wildman–Crippen MR) is 112 cm³/mol. The van der Waals surface area contributed by atoms with Crippen LogP contribution in [0.2, 0.25) is 0 Å². The van der Waals surface area contributed by atoms with E-state index in [2.05, 4.69) is 48.9 Å². The smallest absolute Gasteiger partial charge is 0.236 e. The zero-order valence-corrected chi connectivity index (χ0v) is 16.9. The van der Waals surface area contributed by atoms with Crippen molar-refractivity contribution in [1.29, 1.82) is 0 Å². The van der Waals surface area contributed by atoms with Crippen molar-refractivity contribution in [1.82, 2.24) is 19.8 Å². The lowest BCUT2D eigenvalue weighted by Crippen LogP contribution is -2.54. The van der Waals surface area contributed by atoms with Crippen molar-refractivity contribution >= 4 is 17.5 Å². The maximum absolute atomic E-state index is 12.8. The number of anilines is 2. The van der Waals surface area contributed by atoms with Gasteiger partial charge in [0.25, 0.3) is 0 Å².